The molecule has 1 fully saturated rings. The van der Waals surface area contributed by atoms with E-state index < -0.39 is 11.7 Å². The summed E-state index contributed by atoms with van der Waals surface area (Å²) >= 11 is 0. The Morgan fingerprint density at radius 2 is 1.56 bits per heavy atom. The van der Waals surface area contributed by atoms with E-state index in [9.17, 15) is 13.2 Å². The normalized spacial score (nSPS) is 17.2. The summed E-state index contributed by atoms with van der Waals surface area (Å²) in [5.41, 5.74) is 1.88. The van der Waals surface area contributed by atoms with Gasteiger partial charge in [0.2, 0.25) is 0 Å². The first-order valence-corrected chi connectivity index (χ1v) is 13.7. The molecule has 0 spiro atoms. The highest BCUT2D eigenvalue weighted by atomic mass is 35.5. The Morgan fingerprint density at radius 1 is 0.805 bits per heavy atom. The summed E-state index contributed by atoms with van der Waals surface area (Å²) in [6.07, 6.45) is -2.73. The van der Waals surface area contributed by atoms with E-state index in [-0.39, 0.29) is 30.7 Å². The maximum absolute atomic E-state index is 13.1. The number of benzene rings is 4. The monoisotopic (exact) mass is 585 g/mol. The molecule has 0 saturated carbocycles. The third kappa shape index (κ3) is 8.46. The number of alkyl halides is 3. The van der Waals surface area contributed by atoms with E-state index in [0.717, 1.165) is 31.3 Å². The number of hydrogen-bond donors (Lipinski definition) is 1. The summed E-state index contributed by atoms with van der Waals surface area (Å²) in [6, 6.07) is 28.4. The average Bonchev–Trinajstić information content (AvgIpc) is 2.98. The lowest BCUT2D eigenvalue weighted by molar-refractivity contribution is -0.138. The van der Waals surface area contributed by atoms with Crippen molar-refractivity contribution in [1.82, 2.24) is 5.32 Å². The van der Waals surface area contributed by atoms with Gasteiger partial charge in [0.15, 0.2) is 0 Å². The van der Waals surface area contributed by atoms with Crippen molar-refractivity contribution in [2.75, 3.05) is 26.3 Å². The van der Waals surface area contributed by atoms with Gasteiger partial charge in [-0.05, 0) is 64.7 Å². The van der Waals surface area contributed by atoms with E-state index in [2.05, 4.69) is 53.8 Å². The molecule has 0 aliphatic carbocycles. The Morgan fingerprint density at radius 3 is 2.37 bits per heavy atom. The van der Waals surface area contributed by atoms with Gasteiger partial charge in [-0.3, -0.25) is 0 Å². The van der Waals surface area contributed by atoms with Crippen LogP contribution in [0.1, 0.15) is 41.0 Å². The highest BCUT2D eigenvalue weighted by Crippen LogP contribution is 2.32. The molecule has 4 nitrogen and oxygen atoms in total. The number of ether oxygens (including phenoxy) is 3. The summed E-state index contributed by atoms with van der Waals surface area (Å²) in [4.78, 5) is 0. The molecule has 4 aromatic carbocycles. The minimum absolute atomic E-state index is 0. The molecule has 0 bridgehead atoms. The lowest BCUT2D eigenvalue weighted by Gasteiger charge is -2.32. The van der Waals surface area contributed by atoms with E-state index in [4.69, 9.17) is 14.2 Å². The zero-order chi connectivity index (χ0) is 27.8. The highest BCUT2D eigenvalue weighted by molar-refractivity contribution is 5.85. The topological polar surface area (TPSA) is 39.7 Å². The van der Waals surface area contributed by atoms with Gasteiger partial charge in [-0.1, -0.05) is 66.7 Å². The van der Waals surface area contributed by atoms with Crippen LogP contribution in [0.5, 0.6) is 5.75 Å². The second-order valence-electron chi connectivity index (χ2n) is 10.1. The Hall–Kier alpha value is -3.10. The molecule has 0 aromatic heterocycles. The third-order valence-electron chi connectivity index (χ3n) is 7.29. The van der Waals surface area contributed by atoms with Gasteiger partial charge in [-0.25, -0.2) is 0 Å². The van der Waals surface area contributed by atoms with E-state index in [0.29, 0.717) is 32.2 Å². The summed E-state index contributed by atoms with van der Waals surface area (Å²) in [5, 5.41) is 5.91. The fourth-order valence-electron chi connectivity index (χ4n) is 5.19. The molecular formula is C33H35ClF3NO3. The number of piperidine rings is 1. The van der Waals surface area contributed by atoms with Crippen molar-refractivity contribution >= 4 is 23.2 Å². The fourth-order valence-corrected chi connectivity index (χ4v) is 5.19. The number of hydrogen-bond acceptors (Lipinski definition) is 4. The van der Waals surface area contributed by atoms with Gasteiger partial charge in [0, 0.05) is 18.9 Å². The number of halogens is 4. The first kappa shape index (κ1) is 30.8. The van der Waals surface area contributed by atoms with Crippen LogP contribution < -0.4 is 10.1 Å². The minimum Gasteiger partial charge on any atom is -0.494 e. The molecule has 0 amide bonds. The second kappa shape index (κ2) is 14.7. The predicted octanol–water partition coefficient (Wildman–Crippen LogP) is 7.93. The molecule has 1 saturated heterocycles. The van der Waals surface area contributed by atoms with Crippen molar-refractivity contribution in [2.24, 2.45) is 0 Å². The quantitative estimate of drug-likeness (QED) is 0.181. The van der Waals surface area contributed by atoms with Crippen LogP contribution in [0.2, 0.25) is 0 Å². The summed E-state index contributed by atoms with van der Waals surface area (Å²) in [7, 11) is 0. The summed E-state index contributed by atoms with van der Waals surface area (Å²) in [5.74, 6) is 1.05. The summed E-state index contributed by atoms with van der Waals surface area (Å²) < 4.78 is 57.0. The smallest absolute Gasteiger partial charge is 0.416 e. The third-order valence-corrected chi connectivity index (χ3v) is 7.29. The standard InChI is InChI=1S/C33H34F3NO3.ClH/c34-33(35,36)31-9-4-3-8-28(31)23-38-18-5-19-39-29-14-12-26(13-15-29)30-16-17-37-21-32(30)40-22-24-10-11-25-6-1-2-7-27(25)20-24;/h1-4,6-15,20,30,32,37H,5,16-19,21-23H2;1H. The average molecular weight is 586 g/mol. The number of fused-ring (bicyclic) bond motifs is 1. The van der Waals surface area contributed by atoms with E-state index in [1.54, 1.807) is 6.07 Å². The van der Waals surface area contributed by atoms with E-state index in [1.807, 2.05) is 18.2 Å². The molecule has 2 unspecified atom stereocenters. The molecule has 218 valence electrons. The van der Waals surface area contributed by atoms with Crippen LogP contribution in [0, 0.1) is 0 Å². The van der Waals surface area contributed by atoms with Crippen molar-refractivity contribution in [3.8, 4) is 5.75 Å². The van der Waals surface area contributed by atoms with Crippen LogP contribution in [0.15, 0.2) is 91.0 Å². The molecule has 1 heterocycles. The molecule has 8 heteroatoms. The molecule has 5 rings (SSSR count). The zero-order valence-corrected chi connectivity index (χ0v) is 23.6. The Balaban J connectivity index is 0.00000387. The Bertz CT molecular complexity index is 1380. The minimum atomic E-state index is -4.38. The van der Waals surface area contributed by atoms with Crippen LogP contribution in [0.25, 0.3) is 10.8 Å². The van der Waals surface area contributed by atoms with Crippen molar-refractivity contribution < 1.29 is 27.4 Å². The maximum Gasteiger partial charge on any atom is 0.416 e. The van der Waals surface area contributed by atoms with Crippen molar-refractivity contribution in [3.63, 3.8) is 0 Å². The largest absolute Gasteiger partial charge is 0.494 e. The molecule has 4 aromatic rings. The molecule has 1 aliphatic rings. The molecule has 1 N–H and O–H groups in total. The Labute approximate surface area is 245 Å². The molecular weight excluding hydrogens is 551 g/mol. The molecule has 1 aliphatic heterocycles. The van der Waals surface area contributed by atoms with Gasteiger partial charge in [0.25, 0.3) is 0 Å². The van der Waals surface area contributed by atoms with E-state index in [1.165, 1.54) is 34.0 Å². The second-order valence-corrected chi connectivity index (χ2v) is 10.1. The first-order valence-electron chi connectivity index (χ1n) is 13.7. The maximum atomic E-state index is 13.1. The molecule has 41 heavy (non-hydrogen) atoms. The van der Waals surface area contributed by atoms with Gasteiger partial charge < -0.3 is 19.5 Å². The van der Waals surface area contributed by atoms with E-state index >= 15 is 0 Å². The number of nitrogens with one attached hydrogen (secondary N) is 1. The highest BCUT2D eigenvalue weighted by Gasteiger charge is 2.32. The van der Waals surface area contributed by atoms with Gasteiger partial charge in [-0.15, -0.1) is 12.4 Å². The Kier molecular flexibility index (Phi) is 11.1. The lowest BCUT2D eigenvalue weighted by atomic mass is 9.87. The van der Waals surface area contributed by atoms with Crippen LogP contribution in [-0.2, 0) is 28.9 Å². The van der Waals surface area contributed by atoms with Crippen LogP contribution in [0.3, 0.4) is 0 Å². The van der Waals surface area contributed by atoms with Crippen LogP contribution in [-0.4, -0.2) is 32.4 Å². The lowest BCUT2D eigenvalue weighted by Crippen LogP contribution is -2.40. The van der Waals surface area contributed by atoms with Crippen LogP contribution >= 0.6 is 12.4 Å². The predicted molar refractivity (Wildman–Crippen MR) is 158 cm³/mol. The molecule has 0 radical (unpaired) electrons. The van der Waals surface area contributed by atoms with Gasteiger partial charge in [0.05, 0.1) is 38.1 Å². The van der Waals surface area contributed by atoms with Gasteiger partial charge in [0.1, 0.15) is 5.75 Å². The van der Waals surface area contributed by atoms with Crippen molar-refractivity contribution in [3.05, 3.63) is 113 Å². The van der Waals surface area contributed by atoms with Crippen molar-refractivity contribution in [1.29, 1.82) is 0 Å². The zero-order valence-electron chi connectivity index (χ0n) is 22.7. The van der Waals surface area contributed by atoms with Crippen LogP contribution in [0.4, 0.5) is 13.2 Å². The van der Waals surface area contributed by atoms with Gasteiger partial charge in [-0.2, -0.15) is 13.2 Å². The SMILES string of the molecule is Cl.FC(F)(F)c1ccccc1COCCCOc1ccc(C2CCNCC2OCc2ccc3ccccc3c2)cc1. The van der Waals surface area contributed by atoms with Crippen molar-refractivity contribution in [2.45, 2.75) is 44.3 Å². The fraction of sp³-hybridized carbons (Fsp3) is 0.333. The van der Waals surface area contributed by atoms with Gasteiger partial charge >= 0.3 is 6.18 Å². The molecule has 2 atom stereocenters. The number of rotatable bonds is 11. The first-order chi connectivity index (χ1) is 19.5. The summed E-state index contributed by atoms with van der Waals surface area (Å²) in [6.45, 7) is 2.99.